The van der Waals surface area contributed by atoms with Crippen molar-refractivity contribution in [3.63, 3.8) is 0 Å². The molecule has 2 rings (SSSR count). The first kappa shape index (κ1) is 14.1. The summed E-state index contributed by atoms with van der Waals surface area (Å²) >= 11 is 1.31. The van der Waals surface area contributed by atoms with Crippen molar-refractivity contribution in [1.29, 1.82) is 0 Å². The van der Waals surface area contributed by atoms with Gasteiger partial charge in [-0.05, 0) is 25.7 Å². The van der Waals surface area contributed by atoms with Gasteiger partial charge in [-0.3, -0.25) is 4.79 Å². The van der Waals surface area contributed by atoms with E-state index >= 15 is 0 Å². The second-order valence-electron chi connectivity index (χ2n) is 4.68. The summed E-state index contributed by atoms with van der Waals surface area (Å²) in [5.74, 6) is 0.660. The van der Waals surface area contributed by atoms with Crippen LogP contribution in [0, 0.1) is 5.92 Å². The molecule has 1 aromatic heterocycles. The molecule has 1 fully saturated rings. The van der Waals surface area contributed by atoms with Crippen LogP contribution >= 0.6 is 11.3 Å². The number of nitrogens with zero attached hydrogens (tertiary/aromatic N) is 2. The van der Waals surface area contributed by atoms with E-state index in [1.54, 1.807) is 4.90 Å². The van der Waals surface area contributed by atoms with Crippen molar-refractivity contribution in [3.8, 4) is 0 Å². The maximum atomic E-state index is 12.4. The fourth-order valence-electron chi connectivity index (χ4n) is 2.29. The topological polar surface area (TPSA) is 91.5 Å². The molecular weight excluding hydrogens is 264 g/mol. The van der Waals surface area contributed by atoms with Crippen LogP contribution in [0.15, 0.2) is 0 Å². The van der Waals surface area contributed by atoms with E-state index in [1.165, 1.54) is 11.3 Å². The summed E-state index contributed by atoms with van der Waals surface area (Å²) < 4.78 is 0. The number of anilines is 2. The van der Waals surface area contributed by atoms with Crippen molar-refractivity contribution in [3.05, 3.63) is 4.88 Å². The van der Waals surface area contributed by atoms with E-state index in [9.17, 15) is 4.79 Å². The first-order valence-corrected chi connectivity index (χ1v) is 7.37. The summed E-state index contributed by atoms with van der Waals surface area (Å²) in [5.41, 5.74) is 5.81. The minimum absolute atomic E-state index is 0.0420. The van der Waals surface area contributed by atoms with E-state index in [0.717, 1.165) is 25.9 Å². The van der Waals surface area contributed by atoms with E-state index in [0.29, 0.717) is 28.3 Å². The van der Waals surface area contributed by atoms with Gasteiger partial charge in [-0.15, -0.1) is 0 Å². The lowest BCUT2D eigenvalue weighted by molar-refractivity contribution is 0.0790. The summed E-state index contributed by atoms with van der Waals surface area (Å²) in [6, 6.07) is 0. The zero-order valence-electron chi connectivity index (χ0n) is 11.1. The zero-order valence-corrected chi connectivity index (χ0v) is 11.9. The molecule has 1 aliphatic rings. The van der Waals surface area contributed by atoms with Gasteiger partial charge < -0.3 is 21.1 Å². The number of hydrogen-bond acceptors (Lipinski definition) is 6. The lowest BCUT2D eigenvalue weighted by Gasteiger charge is -2.15. The highest BCUT2D eigenvalue weighted by atomic mass is 32.1. The Kier molecular flexibility index (Phi) is 4.60. The second-order valence-corrected chi connectivity index (χ2v) is 5.68. The molecular formula is C12H20N4O2S. The van der Waals surface area contributed by atoms with Gasteiger partial charge in [-0.25, -0.2) is 4.98 Å². The van der Waals surface area contributed by atoms with Gasteiger partial charge in [0.05, 0.1) is 0 Å². The number of nitrogen functional groups attached to an aromatic ring is 1. The predicted molar refractivity (Wildman–Crippen MR) is 76.4 cm³/mol. The predicted octanol–water partition coefficient (Wildman–Crippen LogP) is 1.00. The maximum absolute atomic E-state index is 12.4. The normalized spacial score (nSPS) is 18.8. The van der Waals surface area contributed by atoms with Crippen LogP contribution in [0.1, 0.15) is 29.4 Å². The number of amides is 1. The Morgan fingerprint density at radius 3 is 3.16 bits per heavy atom. The van der Waals surface area contributed by atoms with Gasteiger partial charge >= 0.3 is 0 Å². The van der Waals surface area contributed by atoms with Gasteiger partial charge in [-0.2, -0.15) is 0 Å². The molecule has 0 saturated carbocycles. The number of carbonyl (C=O) groups excluding carboxylic acids is 1. The van der Waals surface area contributed by atoms with Crippen molar-refractivity contribution in [2.75, 3.05) is 37.3 Å². The standard InChI is InChI=1S/C12H20N4O2S/c1-2-14-12-15-10(13)9(19-12)11(18)16-5-3-8(7-16)4-6-17/h8,17H,2-7,13H2,1H3,(H,14,15). The van der Waals surface area contributed by atoms with Gasteiger partial charge in [0, 0.05) is 26.2 Å². The molecule has 1 aromatic rings. The van der Waals surface area contributed by atoms with E-state index in [1.807, 2.05) is 6.92 Å². The average molecular weight is 284 g/mol. The van der Waals surface area contributed by atoms with E-state index in [-0.39, 0.29) is 12.5 Å². The first-order chi connectivity index (χ1) is 9.15. The van der Waals surface area contributed by atoms with Crippen molar-refractivity contribution in [1.82, 2.24) is 9.88 Å². The maximum Gasteiger partial charge on any atom is 0.267 e. The van der Waals surface area contributed by atoms with Crippen LogP contribution in [0.2, 0.25) is 0 Å². The summed E-state index contributed by atoms with van der Waals surface area (Å²) in [6.07, 6.45) is 1.70. The summed E-state index contributed by atoms with van der Waals surface area (Å²) in [4.78, 5) is 18.8. The molecule has 106 valence electrons. The monoisotopic (exact) mass is 284 g/mol. The molecule has 1 aliphatic heterocycles. The highest BCUT2D eigenvalue weighted by Gasteiger charge is 2.29. The number of nitrogens with two attached hydrogens (primary N) is 1. The lowest BCUT2D eigenvalue weighted by atomic mass is 10.1. The Labute approximate surface area is 116 Å². The number of carbonyl (C=O) groups is 1. The van der Waals surface area contributed by atoms with Gasteiger partial charge in [0.2, 0.25) is 0 Å². The average Bonchev–Trinajstić information content (AvgIpc) is 2.97. The number of aliphatic hydroxyl groups is 1. The van der Waals surface area contributed by atoms with Crippen molar-refractivity contribution >= 4 is 28.2 Å². The molecule has 0 radical (unpaired) electrons. The van der Waals surface area contributed by atoms with Crippen LogP contribution in [-0.4, -0.2) is 47.1 Å². The molecule has 1 saturated heterocycles. The Morgan fingerprint density at radius 1 is 1.68 bits per heavy atom. The quantitative estimate of drug-likeness (QED) is 0.750. The van der Waals surface area contributed by atoms with Crippen LogP contribution in [0.3, 0.4) is 0 Å². The lowest BCUT2D eigenvalue weighted by Crippen LogP contribution is -2.28. The van der Waals surface area contributed by atoms with Crippen LogP contribution < -0.4 is 11.1 Å². The zero-order chi connectivity index (χ0) is 13.8. The van der Waals surface area contributed by atoms with Crippen molar-refractivity contribution in [2.24, 2.45) is 5.92 Å². The summed E-state index contributed by atoms with van der Waals surface area (Å²) in [6.45, 7) is 4.34. The van der Waals surface area contributed by atoms with Crippen LogP contribution in [-0.2, 0) is 0 Å². The number of rotatable bonds is 5. The minimum atomic E-state index is -0.0420. The largest absolute Gasteiger partial charge is 0.396 e. The molecule has 1 amide bonds. The van der Waals surface area contributed by atoms with Crippen molar-refractivity contribution < 1.29 is 9.90 Å². The van der Waals surface area contributed by atoms with E-state index in [4.69, 9.17) is 10.8 Å². The molecule has 19 heavy (non-hydrogen) atoms. The third-order valence-corrected chi connectivity index (χ3v) is 4.30. The Balaban J connectivity index is 2.03. The van der Waals surface area contributed by atoms with E-state index in [2.05, 4.69) is 10.3 Å². The number of thiazole rings is 1. The Hall–Kier alpha value is -1.34. The number of hydrogen-bond donors (Lipinski definition) is 3. The van der Waals surface area contributed by atoms with Crippen LogP contribution in [0.4, 0.5) is 10.9 Å². The second kappa shape index (κ2) is 6.21. The molecule has 0 spiro atoms. The third kappa shape index (κ3) is 3.16. The Morgan fingerprint density at radius 2 is 2.47 bits per heavy atom. The third-order valence-electron chi connectivity index (χ3n) is 3.29. The summed E-state index contributed by atoms with van der Waals surface area (Å²) in [7, 11) is 0. The number of nitrogens with one attached hydrogen (secondary N) is 1. The van der Waals surface area contributed by atoms with Crippen LogP contribution in [0.5, 0.6) is 0 Å². The highest BCUT2D eigenvalue weighted by molar-refractivity contribution is 7.18. The fourth-order valence-corrected chi connectivity index (χ4v) is 3.21. The molecule has 7 heteroatoms. The fraction of sp³-hybridized carbons (Fsp3) is 0.667. The molecule has 1 unspecified atom stereocenters. The molecule has 1 atom stereocenters. The van der Waals surface area contributed by atoms with Gasteiger partial charge in [0.1, 0.15) is 10.7 Å². The smallest absolute Gasteiger partial charge is 0.267 e. The van der Waals surface area contributed by atoms with E-state index < -0.39 is 0 Å². The van der Waals surface area contributed by atoms with Gasteiger partial charge in [0.25, 0.3) is 5.91 Å². The highest BCUT2D eigenvalue weighted by Crippen LogP contribution is 2.28. The molecule has 6 nitrogen and oxygen atoms in total. The van der Waals surface area contributed by atoms with Gasteiger partial charge in [-0.1, -0.05) is 11.3 Å². The van der Waals surface area contributed by atoms with Crippen LogP contribution in [0.25, 0.3) is 0 Å². The van der Waals surface area contributed by atoms with Crippen molar-refractivity contribution in [2.45, 2.75) is 19.8 Å². The summed E-state index contributed by atoms with van der Waals surface area (Å²) in [5, 5.41) is 12.7. The SMILES string of the molecule is CCNc1nc(N)c(C(=O)N2CCC(CCO)C2)s1. The number of likely N-dealkylation sites (tertiary alicyclic amines) is 1. The minimum Gasteiger partial charge on any atom is -0.396 e. The number of aliphatic hydroxyl groups excluding tert-OH is 1. The number of aromatic nitrogens is 1. The first-order valence-electron chi connectivity index (χ1n) is 6.56. The molecule has 4 N–H and O–H groups in total. The molecule has 0 bridgehead atoms. The Bertz CT molecular complexity index is 449. The molecule has 0 aromatic carbocycles. The van der Waals surface area contributed by atoms with Gasteiger partial charge in [0.15, 0.2) is 5.13 Å². The molecule has 2 heterocycles. The molecule has 0 aliphatic carbocycles.